The molecule has 0 saturated carbocycles. The summed E-state index contributed by atoms with van der Waals surface area (Å²) in [5, 5.41) is 6.76. The molecule has 2 N–H and O–H groups in total. The SMILES string of the molecule is CC(=O)Nc1cc(Oc2ccc3ccc(C(=O)Nc4ccc(CN5CCN(C)CC5)c(C(F)(F)F)c4)cc3c2)ccn1. The van der Waals surface area contributed by atoms with E-state index in [0.29, 0.717) is 35.8 Å². The van der Waals surface area contributed by atoms with Gasteiger partial charge in [0.15, 0.2) is 0 Å². The van der Waals surface area contributed by atoms with E-state index < -0.39 is 17.6 Å². The highest BCUT2D eigenvalue weighted by Crippen LogP contribution is 2.35. The maximum Gasteiger partial charge on any atom is 0.416 e. The molecule has 1 aromatic heterocycles. The summed E-state index contributed by atoms with van der Waals surface area (Å²) in [7, 11) is 1.99. The highest BCUT2D eigenvalue weighted by molar-refractivity contribution is 6.06. The van der Waals surface area contributed by atoms with Crippen LogP contribution in [0, 0.1) is 0 Å². The van der Waals surface area contributed by atoms with Crippen molar-refractivity contribution in [2.75, 3.05) is 43.9 Å². The molecule has 0 bridgehead atoms. The Bertz CT molecular complexity index is 1620. The van der Waals surface area contributed by atoms with Gasteiger partial charge >= 0.3 is 6.18 Å². The molecule has 0 spiro atoms. The van der Waals surface area contributed by atoms with E-state index in [1.54, 1.807) is 42.5 Å². The molecule has 1 fully saturated rings. The predicted molar refractivity (Wildman–Crippen MR) is 155 cm³/mol. The quantitative estimate of drug-likeness (QED) is 0.280. The number of nitrogens with one attached hydrogen (secondary N) is 2. The number of benzene rings is 3. The average molecular weight is 578 g/mol. The maximum atomic E-state index is 14.0. The molecule has 42 heavy (non-hydrogen) atoms. The number of fused-ring (bicyclic) bond motifs is 1. The molecule has 0 atom stereocenters. The molecule has 1 aliphatic rings. The lowest BCUT2D eigenvalue weighted by molar-refractivity contribution is -0.138. The summed E-state index contributed by atoms with van der Waals surface area (Å²) < 4.78 is 47.9. The van der Waals surface area contributed by atoms with Gasteiger partial charge in [-0.2, -0.15) is 13.2 Å². The van der Waals surface area contributed by atoms with Crippen molar-refractivity contribution >= 4 is 34.1 Å². The second-order valence-electron chi connectivity index (χ2n) is 10.3. The number of aromatic nitrogens is 1. The Morgan fingerprint density at radius 1 is 0.881 bits per heavy atom. The van der Waals surface area contributed by atoms with Crippen molar-refractivity contribution in [3.63, 3.8) is 0 Å². The van der Waals surface area contributed by atoms with E-state index in [4.69, 9.17) is 4.74 Å². The number of halogens is 3. The van der Waals surface area contributed by atoms with E-state index >= 15 is 0 Å². The number of rotatable bonds is 7. The van der Waals surface area contributed by atoms with Gasteiger partial charge in [0, 0.05) is 63.2 Å². The number of amides is 2. The number of carbonyl (C=O) groups is 2. The lowest BCUT2D eigenvalue weighted by Gasteiger charge is -2.33. The topological polar surface area (TPSA) is 86.8 Å². The van der Waals surface area contributed by atoms with E-state index in [-0.39, 0.29) is 29.3 Å². The first-order chi connectivity index (χ1) is 20.0. The minimum absolute atomic E-state index is 0.0688. The number of nitrogens with zero attached hydrogens (tertiary/aromatic N) is 3. The highest BCUT2D eigenvalue weighted by Gasteiger charge is 2.34. The molecule has 1 saturated heterocycles. The number of alkyl halides is 3. The number of carbonyl (C=O) groups excluding carboxylic acids is 2. The van der Waals surface area contributed by atoms with E-state index in [1.165, 1.54) is 25.3 Å². The fourth-order valence-electron chi connectivity index (χ4n) is 4.80. The highest BCUT2D eigenvalue weighted by atomic mass is 19.4. The van der Waals surface area contributed by atoms with Gasteiger partial charge in [-0.25, -0.2) is 4.98 Å². The normalized spacial score (nSPS) is 14.5. The summed E-state index contributed by atoms with van der Waals surface area (Å²) >= 11 is 0. The first-order valence-corrected chi connectivity index (χ1v) is 13.4. The van der Waals surface area contributed by atoms with Crippen LogP contribution < -0.4 is 15.4 Å². The van der Waals surface area contributed by atoms with Gasteiger partial charge in [-0.15, -0.1) is 0 Å². The van der Waals surface area contributed by atoms with Gasteiger partial charge in [0.25, 0.3) is 5.91 Å². The van der Waals surface area contributed by atoms with E-state index in [2.05, 4.69) is 20.5 Å². The van der Waals surface area contributed by atoms with Crippen molar-refractivity contribution < 1.29 is 27.5 Å². The van der Waals surface area contributed by atoms with Gasteiger partial charge in [-0.3, -0.25) is 14.5 Å². The van der Waals surface area contributed by atoms with Gasteiger partial charge in [0.1, 0.15) is 17.3 Å². The molecule has 2 amide bonds. The number of piperazine rings is 1. The van der Waals surface area contributed by atoms with E-state index in [9.17, 15) is 22.8 Å². The van der Waals surface area contributed by atoms with Crippen molar-refractivity contribution in [3.8, 4) is 11.5 Å². The van der Waals surface area contributed by atoms with Gasteiger partial charge in [-0.1, -0.05) is 18.2 Å². The van der Waals surface area contributed by atoms with Gasteiger partial charge in [-0.05, 0) is 65.8 Å². The third kappa shape index (κ3) is 7.23. The standard InChI is InChI=1S/C31H30F3N5O3/c1-20(40)36-29-18-27(9-10-35-29)42-26-8-6-21-3-4-22(15-24(21)16-26)30(41)37-25-7-5-23(28(17-25)31(32,33)34)19-39-13-11-38(2)12-14-39/h3-10,15-18H,11-14,19H2,1-2H3,(H,37,41)(H,35,36,40). The van der Waals surface area contributed by atoms with Crippen molar-refractivity contribution in [1.82, 2.24) is 14.8 Å². The van der Waals surface area contributed by atoms with Crippen molar-refractivity contribution in [2.45, 2.75) is 19.6 Å². The molecule has 4 aromatic rings. The zero-order chi connectivity index (χ0) is 29.9. The third-order valence-corrected chi connectivity index (χ3v) is 7.01. The Morgan fingerprint density at radius 2 is 1.62 bits per heavy atom. The average Bonchev–Trinajstić information content (AvgIpc) is 2.94. The summed E-state index contributed by atoms with van der Waals surface area (Å²) in [4.78, 5) is 32.6. The van der Waals surface area contributed by atoms with E-state index in [1.807, 2.05) is 18.0 Å². The molecule has 3 aromatic carbocycles. The summed E-state index contributed by atoms with van der Waals surface area (Å²) in [6.07, 6.45) is -3.05. The van der Waals surface area contributed by atoms with Crippen LogP contribution in [0.5, 0.6) is 11.5 Å². The molecule has 0 radical (unpaired) electrons. The van der Waals surface area contributed by atoms with Crippen LogP contribution in [0.2, 0.25) is 0 Å². The molecular weight excluding hydrogens is 547 g/mol. The van der Waals surface area contributed by atoms with Crippen LogP contribution in [0.3, 0.4) is 0 Å². The molecule has 218 valence electrons. The Hall–Kier alpha value is -4.48. The summed E-state index contributed by atoms with van der Waals surface area (Å²) in [6.45, 7) is 4.58. The molecular formula is C31H30F3N5O3. The van der Waals surface area contributed by atoms with Crippen LogP contribution in [-0.2, 0) is 17.5 Å². The molecule has 2 heterocycles. The van der Waals surface area contributed by atoms with Crippen molar-refractivity contribution in [3.05, 3.63) is 89.6 Å². The molecule has 0 aliphatic carbocycles. The van der Waals surface area contributed by atoms with E-state index in [0.717, 1.165) is 24.5 Å². The van der Waals surface area contributed by atoms with Gasteiger partial charge < -0.3 is 20.3 Å². The van der Waals surface area contributed by atoms with Crippen LogP contribution >= 0.6 is 0 Å². The second-order valence-corrected chi connectivity index (χ2v) is 10.3. The van der Waals surface area contributed by atoms with Crippen molar-refractivity contribution in [1.29, 1.82) is 0 Å². The molecule has 1 aliphatic heterocycles. The third-order valence-electron chi connectivity index (χ3n) is 7.01. The largest absolute Gasteiger partial charge is 0.457 e. The molecule has 11 heteroatoms. The van der Waals surface area contributed by atoms with Crippen LogP contribution in [-0.4, -0.2) is 59.8 Å². The maximum absolute atomic E-state index is 14.0. The molecule has 5 rings (SSSR count). The predicted octanol–water partition coefficient (Wildman–Crippen LogP) is 6.00. The Balaban J connectivity index is 1.32. The van der Waals surface area contributed by atoms with Crippen LogP contribution in [0.25, 0.3) is 10.8 Å². The Labute approximate surface area is 241 Å². The molecule has 0 unspecified atom stereocenters. The first-order valence-electron chi connectivity index (χ1n) is 13.4. The number of likely N-dealkylation sites (N-methyl/N-ethyl adjacent to an activating group) is 1. The number of ether oxygens (including phenoxy) is 1. The monoisotopic (exact) mass is 577 g/mol. The lowest BCUT2D eigenvalue weighted by Crippen LogP contribution is -2.44. The lowest BCUT2D eigenvalue weighted by atomic mass is 10.0. The van der Waals surface area contributed by atoms with Crippen LogP contribution in [0.4, 0.5) is 24.7 Å². The second kappa shape index (κ2) is 12.2. The summed E-state index contributed by atoms with van der Waals surface area (Å²) in [5.74, 6) is 0.509. The first kappa shape index (κ1) is 29.0. The molecule has 8 nitrogen and oxygen atoms in total. The minimum atomic E-state index is -4.56. The van der Waals surface area contributed by atoms with Gasteiger partial charge in [0.05, 0.1) is 5.56 Å². The summed E-state index contributed by atoms with van der Waals surface area (Å²) in [5.41, 5.74) is -0.218. The fraction of sp³-hybridized carbons (Fsp3) is 0.258. The number of hydrogen-bond acceptors (Lipinski definition) is 6. The Morgan fingerprint density at radius 3 is 2.36 bits per heavy atom. The fourth-order valence-corrected chi connectivity index (χ4v) is 4.80. The summed E-state index contributed by atoms with van der Waals surface area (Å²) in [6, 6.07) is 17.6. The van der Waals surface area contributed by atoms with Gasteiger partial charge in [0.2, 0.25) is 5.91 Å². The number of hydrogen-bond donors (Lipinski definition) is 2. The minimum Gasteiger partial charge on any atom is -0.457 e. The number of anilines is 2. The zero-order valence-electron chi connectivity index (χ0n) is 23.2. The van der Waals surface area contributed by atoms with Crippen molar-refractivity contribution in [2.24, 2.45) is 0 Å². The van der Waals surface area contributed by atoms with Crippen LogP contribution in [0.15, 0.2) is 72.9 Å². The Kier molecular flexibility index (Phi) is 8.41. The smallest absolute Gasteiger partial charge is 0.416 e. The number of pyridine rings is 1. The zero-order valence-corrected chi connectivity index (χ0v) is 23.2. The van der Waals surface area contributed by atoms with Crippen LogP contribution in [0.1, 0.15) is 28.4 Å².